The number of halogens is 1. The maximum absolute atomic E-state index is 14.8. The first-order chi connectivity index (χ1) is 13.0. The Labute approximate surface area is 159 Å². The molecule has 8 heteroatoms. The molecule has 0 bridgehead atoms. The molecule has 1 aliphatic heterocycles. The number of hydrogen-bond acceptors (Lipinski definition) is 6. The number of aromatic nitrogens is 1. The van der Waals surface area contributed by atoms with Crippen molar-refractivity contribution >= 4 is 11.5 Å². The normalized spacial score (nSPS) is 16.4. The number of nitrogens with zero attached hydrogens (tertiary/aromatic N) is 2. The highest BCUT2D eigenvalue weighted by atomic mass is 19.1. The predicted molar refractivity (Wildman–Crippen MR) is 103 cm³/mol. The number of amides is 1. The molecular weight excluding hydrogens is 349 g/mol. The van der Waals surface area contributed by atoms with Crippen molar-refractivity contribution in [3.8, 4) is 5.75 Å². The summed E-state index contributed by atoms with van der Waals surface area (Å²) in [7, 11) is 1.49. The number of carbonyl (C=O) groups is 1. The first kappa shape index (κ1) is 20.9. The maximum Gasteiger partial charge on any atom is 0.228 e. The molecule has 1 fully saturated rings. The second-order valence-electron chi connectivity index (χ2n) is 6.65. The van der Waals surface area contributed by atoms with Crippen molar-refractivity contribution in [1.29, 1.82) is 0 Å². The van der Waals surface area contributed by atoms with Gasteiger partial charge < -0.3 is 20.4 Å². The number of hydrazine groups is 1. The summed E-state index contributed by atoms with van der Waals surface area (Å²) in [5.74, 6) is 4.35. The number of rotatable bonds is 9. The molecule has 4 N–H and O–H groups in total. The molecule has 1 unspecified atom stereocenters. The molecule has 1 amide bonds. The van der Waals surface area contributed by atoms with Crippen molar-refractivity contribution in [1.82, 2.24) is 20.6 Å². The third-order valence-electron chi connectivity index (χ3n) is 4.70. The van der Waals surface area contributed by atoms with E-state index in [0.29, 0.717) is 17.7 Å². The number of carbonyl (C=O) groups excluding carboxylic acids is 1. The summed E-state index contributed by atoms with van der Waals surface area (Å²) in [6, 6.07) is 1.60. The van der Waals surface area contributed by atoms with Crippen molar-refractivity contribution in [3.05, 3.63) is 42.3 Å². The summed E-state index contributed by atoms with van der Waals surface area (Å²) in [6.45, 7) is 8.55. The van der Waals surface area contributed by atoms with Crippen LogP contribution in [-0.4, -0.2) is 42.5 Å². The van der Waals surface area contributed by atoms with Crippen LogP contribution in [0.1, 0.15) is 31.7 Å². The van der Waals surface area contributed by atoms with E-state index in [-0.39, 0.29) is 23.2 Å². The first-order valence-corrected chi connectivity index (χ1v) is 9.04. The molecule has 1 aromatic rings. The van der Waals surface area contributed by atoms with Crippen LogP contribution < -0.4 is 21.3 Å². The van der Waals surface area contributed by atoms with Crippen LogP contribution >= 0.6 is 0 Å². The zero-order valence-corrected chi connectivity index (χ0v) is 15.9. The van der Waals surface area contributed by atoms with E-state index in [2.05, 4.69) is 27.2 Å². The number of hydrogen-bond donors (Lipinski definition) is 3. The van der Waals surface area contributed by atoms with Gasteiger partial charge in [-0.25, -0.2) is 10.2 Å². The minimum Gasteiger partial charge on any atom is -0.495 e. The van der Waals surface area contributed by atoms with E-state index in [0.717, 1.165) is 19.6 Å². The van der Waals surface area contributed by atoms with E-state index in [1.54, 1.807) is 6.07 Å². The molecule has 2 heterocycles. The topological polar surface area (TPSA) is 92.5 Å². The average Bonchev–Trinajstić information content (AvgIpc) is 3.22. The van der Waals surface area contributed by atoms with Gasteiger partial charge in [0.25, 0.3) is 0 Å². The third kappa shape index (κ3) is 5.77. The molecule has 1 saturated heterocycles. The smallest absolute Gasteiger partial charge is 0.228 e. The van der Waals surface area contributed by atoms with Crippen molar-refractivity contribution in [2.45, 2.75) is 26.2 Å². The van der Waals surface area contributed by atoms with Gasteiger partial charge >= 0.3 is 0 Å². The van der Waals surface area contributed by atoms with E-state index < -0.39 is 5.83 Å². The van der Waals surface area contributed by atoms with Crippen molar-refractivity contribution in [3.63, 3.8) is 0 Å². The number of nitrogens with one attached hydrogen (secondary N) is 2. The molecule has 2 rings (SSSR count). The van der Waals surface area contributed by atoms with Crippen LogP contribution in [-0.2, 0) is 4.79 Å². The SMILES string of the molecule is C=C(/C(F)=C(\NN)NC(=O)C(C)CCN1CCCC1)c1cncc(OC)c1. The minimum atomic E-state index is -0.757. The molecule has 0 radical (unpaired) electrons. The van der Waals surface area contributed by atoms with Gasteiger partial charge in [0, 0.05) is 23.3 Å². The monoisotopic (exact) mass is 377 g/mol. The third-order valence-corrected chi connectivity index (χ3v) is 4.70. The zero-order valence-electron chi connectivity index (χ0n) is 15.9. The van der Waals surface area contributed by atoms with Gasteiger partial charge in [-0.05, 0) is 45.0 Å². The summed E-state index contributed by atoms with van der Waals surface area (Å²) in [4.78, 5) is 18.7. The summed E-state index contributed by atoms with van der Waals surface area (Å²) in [5, 5.41) is 2.52. The van der Waals surface area contributed by atoms with Gasteiger partial charge in [0.15, 0.2) is 11.6 Å². The minimum absolute atomic E-state index is 0.0411. The fraction of sp³-hybridized carbons (Fsp3) is 0.474. The van der Waals surface area contributed by atoms with E-state index >= 15 is 0 Å². The number of methoxy groups -OCH3 is 1. The van der Waals surface area contributed by atoms with E-state index in [1.165, 1.54) is 32.3 Å². The van der Waals surface area contributed by atoms with Crippen LogP contribution in [0.15, 0.2) is 36.7 Å². The summed E-state index contributed by atoms with van der Waals surface area (Å²) in [5.41, 5.74) is 2.68. The average molecular weight is 377 g/mol. The van der Waals surface area contributed by atoms with Crippen molar-refractivity contribution < 1.29 is 13.9 Å². The molecule has 27 heavy (non-hydrogen) atoms. The van der Waals surface area contributed by atoms with E-state index in [4.69, 9.17) is 10.6 Å². The van der Waals surface area contributed by atoms with Gasteiger partial charge in [-0.15, -0.1) is 0 Å². The van der Waals surface area contributed by atoms with Crippen LogP contribution in [0, 0.1) is 5.92 Å². The molecule has 0 aromatic carbocycles. The number of likely N-dealkylation sites (tertiary alicyclic amines) is 1. The molecule has 1 aliphatic rings. The molecule has 0 aliphatic carbocycles. The molecule has 1 atom stereocenters. The van der Waals surface area contributed by atoms with Crippen LogP contribution in [0.3, 0.4) is 0 Å². The maximum atomic E-state index is 14.8. The molecule has 0 saturated carbocycles. The lowest BCUT2D eigenvalue weighted by molar-refractivity contribution is -0.124. The van der Waals surface area contributed by atoms with Crippen LogP contribution in [0.5, 0.6) is 5.75 Å². The van der Waals surface area contributed by atoms with E-state index in [1.807, 2.05) is 6.92 Å². The van der Waals surface area contributed by atoms with Gasteiger partial charge in [-0.2, -0.15) is 0 Å². The Morgan fingerprint density at radius 3 is 2.78 bits per heavy atom. The fourth-order valence-electron chi connectivity index (χ4n) is 2.89. The Balaban J connectivity index is 2.01. The number of nitrogens with two attached hydrogens (primary N) is 1. The van der Waals surface area contributed by atoms with Crippen molar-refractivity contribution in [2.75, 3.05) is 26.7 Å². The molecule has 0 spiro atoms. The summed E-state index contributed by atoms with van der Waals surface area (Å²) >= 11 is 0. The quantitative estimate of drug-likeness (QED) is 0.346. The lowest BCUT2D eigenvalue weighted by Gasteiger charge is -2.19. The molecule has 7 nitrogen and oxygen atoms in total. The Bertz CT molecular complexity index is 701. The molecule has 148 valence electrons. The second kappa shape index (κ2) is 10.0. The number of pyridine rings is 1. The van der Waals surface area contributed by atoms with E-state index in [9.17, 15) is 9.18 Å². The van der Waals surface area contributed by atoms with Gasteiger partial charge in [0.1, 0.15) is 5.75 Å². The predicted octanol–water partition coefficient (Wildman–Crippen LogP) is 1.94. The first-order valence-electron chi connectivity index (χ1n) is 9.04. The standard InChI is InChI=1S/C19H28FN5O2/c1-13(6-9-25-7-4-5-8-25)19(26)23-18(24-21)17(20)14(2)15-10-16(27-3)12-22-11-15/h10-13,24H,2,4-9,21H2,1,3H3,(H,23,26)/b18-17+. The van der Waals surface area contributed by atoms with Gasteiger partial charge in [0.2, 0.25) is 5.91 Å². The highest BCUT2D eigenvalue weighted by Gasteiger charge is 2.20. The molecular formula is C19H28FN5O2. The highest BCUT2D eigenvalue weighted by Crippen LogP contribution is 2.25. The van der Waals surface area contributed by atoms with Crippen LogP contribution in [0.2, 0.25) is 0 Å². The fourth-order valence-corrected chi connectivity index (χ4v) is 2.89. The van der Waals surface area contributed by atoms with Crippen molar-refractivity contribution in [2.24, 2.45) is 11.8 Å². The van der Waals surface area contributed by atoms with Crippen LogP contribution in [0.4, 0.5) is 4.39 Å². The Morgan fingerprint density at radius 2 is 2.15 bits per heavy atom. The summed E-state index contributed by atoms with van der Waals surface area (Å²) < 4.78 is 19.9. The Hall–Kier alpha value is -2.45. The summed E-state index contributed by atoms with van der Waals surface area (Å²) in [6.07, 6.45) is 6.07. The van der Waals surface area contributed by atoms with Gasteiger partial charge in [-0.1, -0.05) is 13.5 Å². The zero-order chi connectivity index (χ0) is 19.8. The lowest BCUT2D eigenvalue weighted by Crippen LogP contribution is -2.39. The van der Waals surface area contributed by atoms with Gasteiger partial charge in [0.05, 0.1) is 13.3 Å². The number of allylic oxidation sites excluding steroid dienone is 2. The molecule has 1 aromatic heterocycles. The highest BCUT2D eigenvalue weighted by molar-refractivity contribution is 5.82. The second-order valence-corrected chi connectivity index (χ2v) is 6.65. The number of ether oxygens (including phenoxy) is 1. The lowest BCUT2D eigenvalue weighted by atomic mass is 10.1. The largest absolute Gasteiger partial charge is 0.495 e. The Morgan fingerprint density at radius 1 is 1.44 bits per heavy atom. The Kier molecular flexibility index (Phi) is 7.75. The van der Waals surface area contributed by atoms with Gasteiger partial charge in [-0.3, -0.25) is 9.78 Å². The van der Waals surface area contributed by atoms with Crippen LogP contribution in [0.25, 0.3) is 5.57 Å².